The molecule has 0 unspecified atom stereocenters. The van der Waals surface area contributed by atoms with Crippen LogP contribution in [0.2, 0.25) is 0 Å². The molecule has 1 N–H and O–H groups in total. The fourth-order valence-electron chi connectivity index (χ4n) is 6.50. The van der Waals surface area contributed by atoms with Gasteiger partial charge in [0.2, 0.25) is 5.91 Å². The number of Topliss-reactive ketones (excluding diaryl/α,β-unsaturated/α-hetero) is 1. The Labute approximate surface area is 302 Å². The van der Waals surface area contributed by atoms with Gasteiger partial charge >= 0.3 is 5.97 Å². The van der Waals surface area contributed by atoms with Crippen molar-refractivity contribution < 1.29 is 24.2 Å². The minimum absolute atomic E-state index is 0.0372. The van der Waals surface area contributed by atoms with Gasteiger partial charge in [-0.1, -0.05) is 114 Å². The maximum Gasteiger partial charge on any atom is 0.308 e. The first-order valence-electron chi connectivity index (χ1n) is 18.3. The van der Waals surface area contributed by atoms with Gasteiger partial charge < -0.3 is 14.7 Å². The van der Waals surface area contributed by atoms with Crippen molar-refractivity contribution in [1.29, 1.82) is 0 Å². The molecule has 0 spiro atoms. The number of carboxylic acid groups (broad SMARTS) is 1. The summed E-state index contributed by atoms with van der Waals surface area (Å²) in [6, 6.07) is 23.4. The van der Waals surface area contributed by atoms with Crippen LogP contribution in [0.4, 0.5) is 0 Å². The smallest absolute Gasteiger partial charge is 0.308 e. The van der Waals surface area contributed by atoms with E-state index < -0.39 is 17.8 Å². The Balaban J connectivity index is 1.23. The van der Waals surface area contributed by atoms with Gasteiger partial charge in [0.05, 0.1) is 12.5 Å². The number of ether oxygens (including phenoxy) is 1. The maximum absolute atomic E-state index is 13.8. The van der Waals surface area contributed by atoms with Crippen molar-refractivity contribution in [1.82, 2.24) is 14.9 Å². The largest absolute Gasteiger partial charge is 0.494 e. The molecule has 4 aromatic rings. The summed E-state index contributed by atoms with van der Waals surface area (Å²) in [7, 11) is 0. The number of amides is 1. The van der Waals surface area contributed by atoms with Gasteiger partial charge in [-0.05, 0) is 53.5 Å². The third-order valence-electron chi connectivity index (χ3n) is 9.75. The number of hydrogen-bond acceptors (Lipinski definition) is 6. The minimum atomic E-state index is -0.894. The molecule has 2 atom stereocenters. The lowest BCUT2D eigenvalue weighted by Gasteiger charge is -2.23. The number of likely N-dealkylation sites (tertiary alicyclic amines) is 1. The van der Waals surface area contributed by atoms with Gasteiger partial charge in [-0.25, -0.2) is 9.97 Å². The minimum Gasteiger partial charge on any atom is -0.494 e. The highest BCUT2D eigenvalue weighted by Gasteiger charge is 2.35. The molecule has 3 aromatic carbocycles. The molecule has 1 saturated heterocycles. The van der Waals surface area contributed by atoms with E-state index in [4.69, 9.17) is 4.74 Å². The van der Waals surface area contributed by atoms with Crippen LogP contribution in [0.25, 0.3) is 22.5 Å². The predicted octanol–water partition coefficient (Wildman–Crippen LogP) is 8.82. The van der Waals surface area contributed by atoms with Crippen LogP contribution < -0.4 is 4.74 Å². The fourth-order valence-corrected chi connectivity index (χ4v) is 6.50. The van der Waals surface area contributed by atoms with E-state index >= 15 is 0 Å². The molecule has 51 heavy (non-hydrogen) atoms. The number of carbonyl (C=O) groups is 3. The summed E-state index contributed by atoms with van der Waals surface area (Å²) in [4.78, 5) is 49.7. The van der Waals surface area contributed by atoms with Gasteiger partial charge in [-0.3, -0.25) is 14.4 Å². The van der Waals surface area contributed by atoms with Crippen LogP contribution in [0.5, 0.6) is 5.75 Å². The average Bonchev–Trinajstić information content (AvgIpc) is 3.64. The average molecular weight is 690 g/mol. The van der Waals surface area contributed by atoms with Crippen LogP contribution in [0, 0.1) is 11.8 Å². The molecule has 0 radical (unpaired) electrons. The van der Waals surface area contributed by atoms with Crippen molar-refractivity contribution >= 4 is 17.7 Å². The van der Waals surface area contributed by atoms with Crippen LogP contribution in [0.15, 0.2) is 85.2 Å². The van der Waals surface area contributed by atoms with Crippen LogP contribution >= 0.6 is 0 Å². The molecule has 5 rings (SSSR count). The third-order valence-corrected chi connectivity index (χ3v) is 9.75. The Morgan fingerprint density at radius 2 is 1.49 bits per heavy atom. The van der Waals surface area contributed by atoms with Gasteiger partial charge in [0.1, 0.15) is 5.75 Å². The van der Waals surface area contributed by atoms with E-state index in [-0.39, 0.29) is 30.1 Å². The monoisotopic (exact) mass is 689 g/mol. The summed E-state index contributed by atoms with van der Waals surface area (Å²) in [5.41, 5.74) is 5.33. The van der Waals surface area contributed by atoms with E-state index in [1.165, 1.54) is 25.7 Å². The summed E-state index contributed by atoms with van der Waals surface area (Å²) in [5, 5.41) is 9.51. The Hall–Kier alpha value is -4.85. The highest BCUT2D eigenvalue weighted by Crippen LogP contribution is 2.28. The topological polar surface area (TPSA) is 110 Å². The Morgan fingerprint density at radius 1 is 0.843 bits per heavy atom. The molecule has 0 aliphatic carbocycles. The number of aromatic nitrogens is 2. The number of carboxylic acids is 1. The normalized spacial score (nSPS) is 15.1. The van der Waals surface area contributed by atoms with Crippen molar-refractivity contribution in [2.75, 3.05) is 19.7 Å². The number of carbonyl (C=O) groups excluding carboxylic acids is 2. The Kier molecular flexibility index (Phi) is 12.8. The molecule has 1 amide bonds. The van der Waals surface area contributed by atoms with E-state index in [0.29, 0.717) is 30.8 Å². The number of nitrogens with zero attached hydrogens (tertiary/aromatic N) is 3. The highest BCUT2D eigenvalue weighted by molar-refractivity contribution is 5.98. The zero-order valence-corrected chi connectivity index (χ0v) is 30.4. The lowest BCUT2D eigenvalue weighted by atomic mass is 9.85. The lowest BCUT2D eigenvalue weighted by molar-refractivity contribution is -0.141. The molecule has 1 aliphatic heterocycles. The SMILES string of the molecule is CCCCCCCOc1ccc(-c2cnc(-c3ccc(C[C@H](CC(=O)c4ccc(C(C)(C)C)cc4)C(=O)N4CC[C@H](C(=O)O)C4)cc3)nc2)cc1. The summed E-state index contributed by atoms with van der Waals surface area (Å²) in [6.07, 6.45) is 10.5. The summed E-state index contributed by atoms with van der Waals surface area (Å²) < 4.78 is 5.90. The third kappa shape index (κ3) is 10.3. The quantitative estimate of drug-likeness (QED) is 0.0925. The predicted molar refractivity (Wildman–Crippen MR) is 201 cm³/mol. The second kappa shape index (κ2) is 17.4. The molecule has 8 heteroatoms. The van der Waals surface area contributed by atoms with Gasteiger partial charge in [0, 0.05) is 54.5 Å². The van der Waals surface area contributed by atoms with E-state index in [1.807, 2.05) is 85.2 Å². The first-order valence-corrected chi connectivity index (χ1v) is 18.3. The standard InChI is InChI=1S/C43H51N3O5/c1-5-6-7-8-9-24-51-38-20-16-31(17-21-38)36-27-44-40(45-28-36)33-12-10-30(11-13-33)25-35(41(48)46-23-22-34(29-46)42(49)50)26-39(47)32-14-18-37(19-15-32)43(2,3)4/h10-21,27-28,34-35H,5-9,22-26,29H2,1-4H3,(H,49,50)/t34-,35+/m0/s1. The number of benzene rings is 3. The zero-order valence-electron chi connectivity index (χ0n) is 30.4. The number of unbranched alkanes of at least 4 members (excludes halogenated alkanes) is 4. The Bertz CT molecular complexity index is 1740. The molecular formula is C43H51N3O5. The second-order valence-corrected chi connectivity index (χ2v) is 14.7. The molecule has 0 bridgehead atoms. The lowest BCUT2D eigenvalue weighted by Crippen LogP contribution is -2.37. The molecule has 1 aromatic heterocycles. The molecule has 268 valence electrons. The van der Waals surface area contributed by atoms with E-state index in [0.717, 1.165) is 46.6 Å². The van der Waals surface area contributed by atoms with Gasteiger partial charge in [-0.2, -0.15) is 0 Å². The number of ketones is 1. The number of hydrogen-bond donors (Lipinski definition) is 1. The molecule has 0 saturated carbocycles. The van der Waals surface area contributed by atoms with Crippen LogP contribution in [-0.4, -0.2) is 57.3 Å². The maximum atomic E-state index is 13.8. The second-order valence-electron chi connectivity index (χ2n) is 14.7. The number of rotatable bonds is 16. The van der Waals surface area contributed by atoms with Gasteiger partial charge in [0.25, 0.3) is 0 Å². The van der Waals surface area contributed by atoms with Crippen molar-refractivity contribution in [3.63, 3.8) is 0 Å². The molecule has 1 fully saturated rings. The number of aliphatic carboxylic acids is 1. The van der Waals surface area contributed by atoms with Crippen molar-refractivity contribution in [3.05, 3.63) is 102 Å². The molecule has 2 heterocycles. The van der Waals surface area contributed by atoms with Crippen LogP contribution in [-0.2, 0) is 21.4 Å². The summed E-state index contributed by atoms with van der Waals surface area (Å²) >= 11 is 0. The van der Waals surface area contributed by atoms with E-state index in [9.17, 15) is 19.5 Å². The van der Waals surface area contributed by atoms with Crippen molar-refractivity contribution in [2.45, 2.75) is 84.5 Å². The van der Waals surface area contributed by atoms with E-state index in [1.54, 1.807) is 4.90 Å². The highest BCUT2D eigenvalue weighted by atomic mass is 16.5. The van der Waals surface area contributed by atoms with Crippen LogP contribution in [0.1, 0.15) is 94.1 Å². The fraction of sp³-hybridized carbons (Fsp3) is 0.419. The van der Waals surface area contributed by atoms with Crippen molar-refractivity contribution in [3.8, 4) is 28.3 Å². The summed E-state index contributed by atoms with van der Waals surface area (Å²) in [5.74, 6) is -0.919. The van der Waals surface area contributed by atoms with Gasteiger partial charge in [0.15, 0.2) is 11.6 Å². The first kappa shape index (κ1) is 37.4. The zero-order chi connectivity index (χ0) is 36.4. The van der Waals surface area contributed by atoms with Gasteiger partial charge in [-0.15, -0.1) is 0 Å². The first-order chi connectivity index (χ1) is 24.5. The molecule has 8 nitrogen and oxygen atoms in total. The molecular weight excluding hydrogens is 638 g/mol. The Morgan fingerprint density at radius 3 is 2.10 bits per heavy atom. The summed E-state index contributed by atoms with van der Waals surface area (Å²) in [6.45, 7) is 9.86. The van der Waals surface area contributed by atoms with E-state index in [2.05, 4.69) is 37.7 Å². The molecule has 1 aliphatic rings. The van der Waals surface area contributed by atoms with Crippen LogP contribution in [0.3, 0.4) is 0 Å². The van der Waals surface area contributed by atoms with Crippen molar-refractivity contribution in [2.24, 2.45) is 11.8 Å².